The van der Waals surface area contributed by atoms with Crippen LogP contribution in [0.5, 0.6) is 5.75 Å². The van der Waals surface area contributed by atoms with Crippen LogP contribution in [0.1, 0.15) is 32.9 Å². The summed E-state index contributed by atoms with van der Waals surface area (Å²) in [4.78, 5) is 20.8. The molecular weight excluding hydrogens is 456 g/mol. The number of ether oxygens (including phenoxy) is 1. The molecule has 0 atom stereocenters. The zero-order chi connectivity index (χ0) is 25.1. The predicted octanol–water partition coefficient (Wildman–Crippen LogP) is 4.96. The maximum Gasteiger partial charge on any atom is 0.266 e. The standard InChI is InChI=1S/C28H26N4O4/c1-19-8-9-22(16-20(19)2)34-18-23-10-11-25(35-23)26-30-24(17-29)28(36-26)32-14-12-31(13-15-32)27(33)21-6-4-3-5-7-21/h3-11,16H,12-15,18H2,1-2H3. The number of anilines is 1. The van der Waals surface area contributed by atoms with Gasteiger partial charge in [-0.1, -0.05) is 24.3 Å². The molecule has 0 radical (unpaired) electrons. The highest BCUT2D eigenvalue weighted by atomic mass is 16.5. The molecule has 0 spiro atoms. The summed E-state index contributed by atoms with van der Waals surface area (Å²) >= 11 is 0. The monoisotopic (exact) mass is 482 g/mol. The lowest BCUT2D eigenvalue weighted by Gasteiger charge is -2.34. The van der Waals surface area contributed by atoms with Crippen molar-refractivity contribution in [3.8, 4) is 23.5 Å². The smallest absolute Gasteiger partial charge is 0.266 e. The van der Waals surface area contributed by atoms with Crippen LogP contribution in [0.3, 0.4) is 0 Å². The molecule has 0 bridgehead atoms. The summed E-state index contributed by atoms with van der Waals surface area (Å²) in [6.45, 7) is 6.48. The minimum Gasteiger partial charge on any atom is -0.486 e. The highest BCUT2D eigenvalue weighted by molar-refractivity contribution is 5.94. The first kappa shape index (κ1) is 23.2. The molecule has 1 aliphatic heterocycles. The number of piperazine rings is 1. The fourth-order valence-electron chi connectivity index (χ4n) is 4.11. The molecule has 1 fully saturated rings. The largest absolute Gasteiger partial charge is 0.486 e. The van der Waals surface area contributed by atoms with Gasteiger partial charge in [0.2, 0.25) is 11.6 Å². The van der Waals surface area contributed by atoms with E-state index in [-0.39, 0.29) is 24.1 Å². The minimum atomic E-state index is 0.000136. The molecule has 4 aromatic rings. The Bertz CT molecular complexity index is 1410. The van der Waals surface area contributed by atoms with E-state index in [0.29, 0.717) is 49.1 Å². The fraction of sp³-hybridized carbons (Fsp3) is 0.250. The predicted molar refractivity (Wildman–Crippen MR) is 134 cm³/mol. The molecule has 2 aromatic heterocycles. The van der Waals surface area contributed by atoms with Crippen molar-refractivity contribution in [3.63, 3.8) is 0 Å². The van der Waals surface area contributed by atoms with Crippen LogP contribution in [0.25, 0.3) is 11.7 Å². The Hall–Kier alpha value is -4.51. The quantitative estimate of drug-likeness (QED) is 0.383. The highest BCUT2D eigenvalue weighted by Gasteiger charge is 2.27. The second-order valence-electron chi connectivity index (χ2n) is 8.73. The minimum absolute atomic E-state index is 0.000136. The first-order valence-corrected chi connectivity index (χ1v) is 11.8. The van der Waals surface area contributed by atoms with Gasteiger partial charge in [0.25, 0.3) is 11.8 Å². The van der Waals surface area contributed by atoms with E-state index < -0.39 is 0 Å². The van der Waals surface area contributed by atoms with Gasteiger partial charge in [-0.05, 0) is 61.4 Å². The van der Waals surface area contributed by atoms with Crippen LogP contribution in [0.4, 0.5) is 5.88 Å². The number of hydrogen-bond donors (Lipinski definition) is 0. The Kier molecular flexibility index (Phi) is 6.46. The lowest BCUT2D eigenvalue weighted by atomic mass is 10.1. The lowest BCUT2D eigenvalue weighted by molar-refractivity contribution is 0.0745. The van der Waals surface area contributed by atoms with E-state index in [1.165, 1.54) is 5.56 Å². The van der Waals surface area contributed by atoms with Gasteiger partial charge in [0, 0.05) is 31.7 Å². The van der Waals surface area contributed by atoms with Crippen molar-refractivity contribution in [3.05, 3.63) is 88.8 Å². The van der Waals surface area contributed by atoms with Gasteiger partial charge in [-0.25, -0.2) is 0 Å². The van der Waals surface area contributed by atoms with Gasteiger partial charge in [-0.2, -0.15) is 10.2 Å². The molecule has 8 heteroatoms. The number of rotatable bonds is 6. The number of aromatic nitrogens is 1. The summed E-state index contributed by atoms with van der Waals surface area (Å²) in [6, 6.07) is 20.8. The summed E-state index contributed by atoms with van der Waals surface area (Å²) in [5, 5.41) is 9.64. The van der Waals surface area contributed by atoms with Gasteiger partial charge in [0.15, 0.2) is 5.76 Å². The number of carbonyl (C=O) groups is 1. The molecule has 0 saturated carbocycles. The second kappa shape index (κ2) is 10.0. The molecule has 0 aliphatic carbocycles. The first-order chi connectivity index (χ1) is 17.5. The van der Waals surface area contributed by atoms with E-state index in [4.69, 9.17) is 13.6 Å². The Labute approximate surface area is 209 Å². The maximum absolute atomic E-state index is 12.7. The summed E-state index contributed by atoms with van der Waals surface area (Å²) in [7, 11) is 0. The normalized spacial score (nSPS) is 13.5. The third-order valence-corrected chi connectivity index (χ3v) is 6.32. The molecule has 0 N–H and O–H groups in total. The van der Waals surface area contributed by atoms with Crippen molar-refractivity contribution in [2.75, 3.05) is 31.1 Å². The Balaban J connectivity index is 1.24. The van der Waals surface area contributed by atoms with Crippen LogP contribution in [0.2, 0.25) is 0 Å². The van der Waals surface area contributed by atoms with Crippen LogP contribution < -0.4 is 9.64 Å². The average Bonchev–Trinajstić information content (AvgIpc) is 3.57. The number of carbonyl (C=O) groups excluding carboxylic acids is 1. The van der Waals surface area contributed by atoms with Crippen molar-refractivity contribution in [2.24, 2.45) is 0 Å². The molecule has 8 nitrogen and oxygen atoms in total. The molecule has 36 heavy (non-hydrogen) atoms. The number of nitriles is 1. The molecule has 2 aromatic carbocycles. The van der Waals surface area contributed by atoms with Gasteiger partial charge < -0.3 is 23.4 Å². The zero-order valence-corrected chi connectivity index (χ0v) is 20.2. The zero-order valence-electron chi connectivity index (χ0n) is 20.2. The van der Waals surface area contributed by atoms with Gasteiger partial charge in [0.05, 0.1) is 0 Å². The van der Waals surface area contributed by atoms with Gasteiger partial charge in [-0.3, -0.25) is 4.79 Å². The van der Waals surface area contributed by atoms with E-state index in [1.54, 1.807) is 12.1 Å². The van der Waals surface area contributed by atoms with E-state index in [0.717, 1.165) is 11.3 Å². The number of nitrogens with zero attached hydrogens (tertiary/aromatic N) is 4. The molecule has 5 rings (SSSR count). The van der Waals surface area contributed by atoms with Gasteiger partial charge in [0.1, 0.15) is 24.2 Å². The molecule has 3 heterocycles. The summed E-state index contributed by atoms with van der Waals surface area (Å²) in [5.41, 5.74) is 3.23. The first-order valence-electron chi connectivity index (χ1n) is 11.8. The van der Waals surface area contributed by atoms with Crippen LogP contribution in [0, 0.1) is 25.2 Å². The fourth-order valence-corrected chi connectivity index (χ4v) is 4.11. The third-order valence-electron chi connectivity index (χ3n) is 6.32. The van der Waals surface area contributed by atoms with Gasteiger partial charge >= 0.3 is 0 Å². The van der Waals surface area contributed by atoms with E-state index >= 15 is 0 Å². The van der Waals surface area contributed by atoms with Crippen molar-refractivity contribution in [1.29, 1.82) is 5.26 Å². The van der Waals surface area contributed by atoms with Gasteiger partial charge in [-0.15, -0.1) is 0 Å². The number of hydrogen-bond acceptors (Lipinski definition) is 7. The van der Waals surface area contributed by atoms with E-state index in [9.17, 15) is 10.1 Å². The molecule has 182 valence electrons. The van der Waals surface area contributed by atoms with Crippen molar-refractivity contribution in [1.82, 2.24) is 9.88 Å². The molecule has 1 saturated heterocycles. The number of oxazole rings is 1. The molecule has 1 aliphatic rings. The Morgan fingerprint density at radius 2 is 1.78 bits per heavy atom. The molecule has 0 unspecified atom stereocenters. The highest BCUT2D eigenvalue weighted by Crippen LogP contribution is 2.30. The van der Waals surface area contributed by atoms with Crippen LogP contribution in [0.15, 0.2) is 69.5 Å². The molecular formula is C28H26N4O4. The summed E-state index contributed by atoms with van der Waals surface area (Å²) < 4.78 is 17.7. The van der Waals surface area contributed by atoms with Crippen LogP contribution in [-0.4, -0.2) is 42.0 Å². The SMILES string of the molecule is Cc1ccc(OCc2ccc(-c3nc(C#N)c(N4CCN(C(=O)c5ccccc5)CC4)o3)o2)cc1C. The number of aryl methyl sites for hydroxylation is 2. The average molecular weight is 483 g/mol. The topological polar surface area (TPSA) is 95.7 Å². The number of amides is 1. The van der Waals surface area contributed by atoms with Crippen molar-refractivity contribution >= 4 is 11.8 Å². The Morgan fingerprint density at radius 1 is 1.00 bits per heavy atom. The van der Waals surface area contributed by atoms with Crippen LogP contribution >= 0.6 is 0 Å². The van der Waals surface area contributed by atoms with Crippen molar-refractivity contribution in [2.45, 2.75) is 20.5 Å². The molecule has 1 amide bonds. The second-order valence-corrected chi connectivity index (χ2v) is 8.73. The summed E-state index contributed by atoms with van der Waals surface area (Å²) in [6.07, 6.45) is 0. The van der Waals surface area contributed by atoms with Crippen LogP contribution in [-0.2, 0) is 6.61 Å². The Morgan fingerprint density at radius 3 is 2.50 bits per heavy atom. The maximum atomic E-state index is 12.7. The third kappa shape index (κ3) is 4.82. The number of furan rings is 1. The lowest BCUT2D eigenvalue weighted by Crippen LogP contribution is -2.48. The van der Waals surface area contributed by atoms with E-state index in [2.05, 4.69) is 18.0 Å². The summed E-state index contributed by atoms with van der Waals surface area (Å²) in [5.74, 6) is 2.44. The van der Waals surface area contributed by atoms with E-state index in [1.807, 2.05) is 65.3 Å². The number of benzene rings is 2. The van der Waals surface area contributed by atoms with Crippen molar-refractivity contribution < 1.29 is 18.4 Å².